The number of hydrogen-bond donors (Lipinski definition) is 2. The van der Waals surface area contributed by atoms with E-state index in [0.717, 1.165) is 19.3 Å². The maximum absolute atomic E-state index is 11.4. The number of carbonyl (C=O) groups is 1. The van der Waals surface area contributed by atoms with E-state index in [-0.39, 0.29) is 19.1 Å². The highest BCUT2D eigenvalue weighted by Gasteiger charge is 2.06. The third-order valence-corrected chi connectivity index (χ3v) is 2.13. The van der Waals surface area contributed by atoms with Crippen molar-refractivity contribution in [2.45, 2.75) is 32.1 Å². The van der Waals surface area contributed by atoms with Crippen LogP contribution in [0.3, 0.4) is 0 Å². The first-order valence-electron chi connectivity index (χ1n) is 5.18. The van der Waals surface area contributed by atoms with Crippen LogP contribution in [0.2, 0.25) is 0 Å². The van der Waals surface area contributed by atoms with Gasteiger partial charge >= 0.3 is 0 Å². The number of rotatable bonds is 8. The number of amides is 1. The molecule has 4 nitrogen and oxygen atoms in total. The van der Waals surface area contributed by atoms with Gasteiger partial charge in [-0.15, -0.1) is 0 Å². The number of aliphatic hydroxyl groups excluding tert-OH is 2. The van der Waals surface area contributed by atoms with Gasteiger partial charge in [0.1, 0.15) is 0 Å². The minimum absolute atomic E-state index is 0.122. The van der Waals surface area contributed by atoms with Gasteiger partial charge in [0.15, 0.2) is 0 Å². The summed E-state index contributed by atoms with van der Waals surface area (Å²) in [5, 5.41) is 17.1. The Bertz CT molecular complexity index is 150. The Morgan fingerprint density at radius 1 is 1.07 bits per heavy atom. The van der Waals surface area contributed by atoms with Crippen LogP contribution in [0, 0.1) is 0 Å². The van der Waals surface area contributed by atoms with Crippen molar-refractivity contribution in [2.24, 2.45) is 0 Å². The Hall–Kier alpha value is -0.610. The van der Waals surface area contributed by atoms with E-state index in [1.54, 1.807) is 11.9 Å². The minimum atomic E-state index is 0.122. The molecule has 84 valence electrons. The monoisotopic (exact) mass is 203 g/mol. The number of nitrogens with zero attached hydrogens (tertiary/aromatic N) is 1. The van der Waals surface area contributed by atoms with Crippen LogP contribution in [0.1, 0.15) is 32.1 Å². The van der Waals surface area contributed by atoms with Gasteiger partial charge in [0.2, 0.25) is 5.91 Å². The zero-order valence-electron chi connectivity index (χ0n) is 8.91. The summed E-state index contributed by atoms with van der Waals surface area (Å²) < 4.78 is 0. The van der Waals surface area contributed by atoms with Gasteiger partial charge < -0.3 is 15.1 Å². The highest BCUT2D eigenvalue weighted by molar-refractivity contribution is 5.75. The average molecular weight is 203 g/mol. The summed E-state index contributed by atoms with van der Waals surface area (Å²) in [7, 11) is 1.78. The molecule has 0 aliphatic carbocycles. The molecular formula is C10H21NO3. The SMILES string of the molecule is CN(CCCCO)C(=O)CCCCO. The van der Waals surface area contributed by atoms with E-state index in [9.17, 15) is 4.79 Å². The molecule has 0 bridgehead atoms. The molecule has 0 atom stereocenters. The molecule has 4 heteroatoms. The van der Waals surface area contributed by atoms with E-state index in [0.29, 0.717) is 19.4 Å². The number of hydrogen-bond acceptors (Lipinski definition) is 3. The van der Waals surface area contributed by atoms with Crippen molar-refractivity contribution < 1.29 is 15.0 Å². The van der Waals surface area contributed by atoms with Crippen molar-refractivity contribution in [2.75, 3.05) is 26.8 Å². The van der Waals surface area contributed by atoms with Gasteiger partial charge in [0.25, 0.3) is 0 Å². The summed E-state index contributed by atoms with van der Waals surface area (Å²) in [5.74, 6) is 0.122. The molecule has 0 heterocycles. The lowest BCUT2D eigenvalue weighted by atomic mass is 10.2. The van der Waals surface area contributed by atoms with Gasteiger partial charge in [-0.05, 0) is 25.7 Å². The van der Waals surface area contributed by atoms with Crippen LogP contribution in [0.4, 0.5) is 0 Å². The predicted molar refractivity (Wildman–Crippen MR) is 54.9 cm³/mol. The third kappa shape index (κ3) is 6.86. The van der Waals surface area contributed by atoms with E-state index in [1.807, 2.05) is 0 Å². The van der Waals surface area contributed by atoms with Gasteiger partial charge in [0, 0.05) is 33.2 Å². The standard InChI is InChI=1S/C10H21NO3/c1-11(7-3-5-9-13)10(14)6-2-4-8-12/h12-13H,2-9H2,1H3. The van der Waals surface area contributed by atoms with Crippen molar-refractivity contribution in [3.8, 4) is 0 Å². The molecule has 0 rings (SSSR count). The third-order valence-electron chi connectivity index (χ3n) is 2.13. The highest BCUT2D eigenvalue weighted by Crippen LogP contribution is 2.00. The molecule has 0 aromatic carbocycles. The molecule has 0 radical (unpaired) electrons. The summed E-state index contributed by atoms with van der Waals surface area (Å²) in [6.07, 6.45) is 3.54. The molecule has 2 N–H and O–H groups in total. The van der Waals surface area contributed by atoms with Crippen molar-refractivity contribution >= 4 is 5.91 Å². The Balaban J connectivity index is 3.44. The first-order valence-corrected chi connectivity index (χ1v) is 5.18. The maximum Gasteiger partial charge on any atom is 0.222 e. The van der Waals surface area contributed by atoms with Gasteiger partial charge in [0.05, 0.1) is 0 Å². The van der Waals surface area contributed by atoms with Crippen LogP contribution in [-0.2, 0) is 4.79 Å². The zero-order chi connectivity index (χ0) is 10.8. The molecule has 14 heavy (non-hydrogen) atoms. The average Bonchev–Trinajstić information content (AvgIpc) is 2.18. The maximum atomic E-state index is 11.4. The van der Waals surface area contributed by atoms with Crippen LogP contribution in [0.15, 0.2) is 0 Å². The highest BCUT2D eigenvalue weighted by atomic mass is 16.3. The summed E-state index contributed by atoms with van der Waals surface area (Å²) in [6.45, 7) is 1.05. The lowest BCUT2D eigenvalue weighted by Gasteiger charge is -2.16. The lowest BCUT2D eigenvalue weighted by molar-refractivity contribution is -0.130. The second-order valence-electron chi connectivity index (χ2n) is 3.43. The Morgan fingerprint density at radius 2 is 1.64 bits per heavy atom. The number of aliphatic hydroxyl groups is 2. The molecular weight excluding hydrogens is 182 g/mol. The van der Waals surface area contributed by atoms with Crippen LogP contribution in [-0.4, -0.2) is 47.8 Å². The van der Waals surface area contributed by atoms with Crippen molar-refractivity contribution in [3.05, 3.63) is 0 Å². The van der Waals surface area contributed by atoms with E-state index in [2.05, 4.69) is 0 Å². The number of unbranched alkanes of at least 4 members (excludes halogenated alkanes) is 2. The molecule has 0 saturated heterocycles. The fourth-order valence-electron chi connectivity index (χ4n) is 1.16. The van der Waals surface area contributed by atoms with Crippen LogP contribution in [0.25, 0.3) is 0 Å². The smallest absolute Gasteiger partial charge is 0.222 e. The number of carbonyl (C=O) groups excluding carboxylic acids is 1. The largest absolute Gasteiger partial charge is 0.396 e. The van der Waals surface area contributed by atoms with Gasteiger partial charge in [-0.2, -0.15) is 0 Å². The van der Waals surface area contributed by atoms with Crippen molar-refractivity contribution in [3.63, 3.8) is 0 Å². The molecule has 0 unspecified atom stereocenters. The van der Waals surface area contributed by atoms with E-state index in [1.165, 1.54) is 0 Å². The molecule has 0 aromatic heterocycles. The predicted octanol–water partition coefficient (Wildman–Crippen LogP) is 0.380. The Morgan fingerprint density at radius 3 is 2.21 bits per heavy atom. The summed E-state index contributed by atoms with van der Waals surface area (Å²) in [5.41, 5.74) is 0. The fourth-order valence-corrected chi connectivity index (χ4v) is 1.16. The second-order valence-corrected chi connectivity index (χ2v) is 3.43. The van der Waals surface area contributed by atoms with E-state index < -0.39 is 0 Å². The zero-order valence-corrected chi connectivity index (χ0v) is 8.91. The minimum Gasteiger partial charge on any atom is -0.396 e. The molecule has 0 aromatic rings. The van der Waals surface area contributed by atoms with Gasteiger partial charge in [-0.1, -0.05) is 0 Å². The van der Waals surface area contributed by atoms with Crippen molar-refractivity contribution in [1.82, 2.24) is 4.90 Å². The molecule has 1 amide bonds. The summed E-state index contributed by atoms with van der Waals surface area (Å²) in [6, 6.07) is 0. The van der Waals surface area contributed by atoms with Gasteiger partial charge in [-0.3, -0.25) is 4.79 Å². The van der Waals surface area contributed by atoms with Crippen LogP contribution < -0.4 is 0 Å². The van der Waals surface area contributed by atoms with E-state index in [4.69, 9.17) is 10.2 Å². The molecule has 0 spiro atoms. The Kier molecular flexibility index (Phi) is 8.57. The quantitative estimate of drug-likeness (QED) is 0.561. The van der Waals surface area contributed by atoms with Crippen LogP contribution in [0.5, 0.6) is 0 Å². The normalized spacial score (nSPS) is 10.2. The van der Waals surface area contributed by atoms with Gasteiger partial charge in [-0.25, -0.2) is 0 Å². The van der Waals surface area contributed by atoms with E-state index >= 15 is 0 Å². The Labute approximate surface area is 85.5 Å². The molecule has 0 aliphatic heterocycles. The molecule has 0 saturated carbocycles. The first-order chi connectivity index (χ1) is 6.72. The first kappa shape index (κ1) is 13.4. The summed E-state index contributed by atoms with van der Waals surface area (Å²) in [4.78, 5) is 13.1. The van der Waals surface area contributed by atoms with Crippen molar-refractivity contribution in [1.29, 1.82) is 0 Å². The topological polar surface area (TPSA) is 60.8 Å². The fraction of sp³-hybridized carbons (Fsp3) is 0.900. The lowest BCUT2D eigenvalue weighted by Crippen LogP contribution is -2.27. The molecule has 0 aliphatic rings. The summed E-state index contributed by atoms with van der Waals surface area (Å²) >= 11 is 0. The molecule has 0 fully saturated rings. The van der Waals surface area contributed by atoms with Crippen LogP contribution >= 0.6 is 0 Å². The second kappa shape index (κ2) is 8.97.